The molecule has 18 heavy (non-hydrogen) atoms. The molecule has 0 saturated heterocycles. The zero-order valence-corrected chi connectivity index (χ0v) is 12.1. The molecule has 1 atom stereocenters. The Labute approximate surface area is 111 Å². The minimum Gasteiger partial charge on any atom is -0.336 e. The average molecular weight is 252 g/mol. The first-order chi connectivity index (χ1) is 8.63. The minimum absolute atomic E-state index is 0.120. The van der Waals surface area contributed by atoms with E-state index in [0.29, 0.717) is 18.0 Å². The number of carbonyl (C=O) groups excluding carboxylic acids is 1. The van der Waals surface area contributed by atoms with Crippen molar-refractivity contribution in [1.82, 2.24) is 10.2 Å². The summed E-state index contributed by atoms with van der Waals surface area (Å²) >= 11 is 0. The summed E-state index contributed by atoms with van der Waals surface area (Å²) in [7, 11) is 1.92. The van der Waals surface area contributed by atoms with Crippen LogP contribution in [0.1, 0.15) is 52.4 Å². The first kappa shape index (κ1) is 13.9. The normalized spacial score (nSPS) is 29.9. The van der Waals surface area contributed by atoms with Gasteiger partial charge in [-0.1, -0.05) is 13.8 Å². The van der Waals surface area contributed by atoms with Crippen molar-refractivity contribution in [1.29, 1.82) is 0 Å². The van der Waals surface area contributed by atoms with Gasteiger partial charge in [0.15, 0.2) is 0 Å². The Morgan fingerprint density at radius 3 is 2.11 bits per heavy atom. The van der Waals surface area contributed by atoms with Crippen molar-refractivity contribution >= 4 is 5.91 Å². The average Bonchev–Trinajstić information content (AvgIpc) is 3.16. The van der Waals surface area contributed by atoms with Crippen molar-refractivity contribution in [2.75, 3.05) is 13.6 Å². The lowest BCUT2D eigenvalue weighted by Crippen LogP contribution is -2.47. The quantitative estimate of drug-likeness (QED) is 0.815. The Bertz CT molecular complexity index is 280. The molecule has 2 aliphatic rings. The monoisotopic (exact) mass is 252 g/mol. The molecule has 0 aromatic rings. The predicted octanol–water partition coefficient (Wildman–Crippen LogP) is 2.41. The molecule has 0 aromatic carbocycles. The summed E-state index contributed by atoms with van der Waals surface area (Å²) < 4.78 is 0. The predicted molar refractivity (Wildman–Crippen MR) is 74.4 cm³/mol. The van der Waals surface area contributed by atoms with Crippen molar-refractivity contribution in [3.63, 3.8) is 0 Å². The molecule has 0 radical (unpaired) electrons. The van der Waals surface area contributed by atoms with Crippen LogP contribution in [0.2, 0.25) is 0 Å². The lowest BCUT2D eigenvalue weighted by molar-refractivity contribution is -0.138. The molecule has 2 rings (SSSR count). The van der Waals surface area contributed by atoms with E-state index in [1.807, 2.05) is 7.05 Å². The van der Waals surface area contributed by atoms with E-state index >= 15 is 0 Å². The number of nitrogens with one attached hydrogen (secondary N) is 1. The van der Waals surface area contributed by atoms with Gasteiger partial charge in [-0.2, -0.15) is 0 Å². The van der Waals surface area contributed by atoms with Gasteiger partial charge in [0, 0.05) is 24.5 Å². The lowest BCUT2D eigenvalue weighted by atomic mass is 9.86. The van der Waals surface area contributed by atoms with Crippen LogP contribution in [0.15, 0.2) is 0 Å². The van der Waals surface area contributed by atoms with E-state index in [0.717, 1.165) is 12.5 Å². The smallest absolute Gasteiger partial charge is 0.227 e. The molecule has 104 valence electrons. The first-order valence-corrected chi connectivity index (χ1v) is 7.60. The van der Waals surface area contributed by atoms with Crippen molar-refractivity contribution in [3.8, 4) is 0 Å². The van der Waals surface area contributed by atoms with Gasteiger partial charge in [-0.25, -0.2) is 0 Å². The summed E-state index contributed by atoms with van der Waals surface area (Å²) in [5, 5.41) is 3.13. The Morgan fingerprint density at radius 1 is 1.17 bits per heavy atom. The maximum atomic E-state index is 12.6. The van der Waals surface area contributed by atoms with Gasteiger partial charge in [0.2, 0.25) is 5.91 Å². The second kappa shape index (κ2) is 6.05. The highest BCUT2D eigenvalue weighted by atomic mass is 16.2. The van der Waals surface area contributed by atoms with E-state index in [4.69, 9.17) is 0 Å². The number of hydrogen-bond donors (Lipinski definition) is 1. The van der Waals surface area contributed by atoms with Crippen LogP contribution in [0, 0.1) is 11.8 Å². The van der Waals surface area contributed by atoms with Crippen LogP contribution in [0.3, 0.4) is 0 Å². The maximum Gasteiger partial charge on any atom is 0.227 e. The van der Waals surface area contributed by atoms with Crippen LogP contribution in [-0.4, -0.2) is 36.5 Å². The number of nitrogens with zero attached hydrogens (tertiary/aromatic N) is 1. The Morgan fingerprint density at radius 2 is 1.67 bits per heavy atom. The van der Waals surface area contributed by atoms with Gasteiger partial charge < -0.3 is 10.2 Å². The fraction of sp³-hybridized carbons (Fsp3) is 0.933. The van der Waals surface area contributed by atoms with E-state index in [-0.39, 0.29) is 5.92 Å². The van der Waals surface area contributed by atoms with Crippen LogP contribution in [0.25, 0.3) is 0 Å². The highest BCUT2D eigenvalue weighted by Crippen LogP contribution is 2.36. The van der Waals surface area contributed by atoms with E-state index in [9.17, 15) is 4.79 Å². The van der Waals surface area contributed by atoms with Crippen LogP contribution < -0.4 is 5.32 Å². The standard InChI is InChI=1S/C15H28N2O/c1-11-4-6-13(7-5-11)17(14-8-9-14)15(18)12(2)10-16-3/h11-14,16H,4-10H2,1-3H3. The first-order valence-electron chi connectivity index (χ1n) is 7.60. The highest BCUT2D eigenvalue weighted by molar-refractivity contribution is 5.79. The van der Waals surface area contributed by atoms with Crippen molar-refractivity contribution < 1.29 is 4.79 Å². The topological polar surface area (TPSA) is 32.3 Å². The summed E-state index contributed by atoms with van der Waals surface area (Å²) in [6.07, 6.45) is 7.47. The summed E-state index contributed by atoms with van der Waals surface area (Å²) in [5.41, 5.74) is 0. The van der Waals surface area contributed by atoms with Gasteiger partial charge in [0.05, 0.1) is 0 Å². The molecular weight excluding hydrogens is 224 g/mol. The molecule has 1 amide bonds. The minimum atomic E-state index is 0.120. The van der Waals surface area contributed by atoms with Crippen LogP contribution in [0.4, 0.5) is 0 Å². The zero-order valence-electron chi connectivity index (χ0n) is 12.1. The molecule has 1 N–H and O–H groups in total. The molecular formula is C15H28N2O. The molecule has 0 spiro atoms. The summed E-state index contributed by atoms with van der Waals surface area (Å²) in [5.74, 6) is 1.36. The van der Waals surface area contributed by atoms with Gasteiger partial charge in [-0.05, 0) is 51.5 Å². The van der Waals surface area contributed by atoms with E-state index in [2.05, 4.69) is 24.1 Å². The van der Waals surface area contributed by atoms with E-state index in [1.54, 1.807) is 0 Å². The Balaban J connectivity index is 1.97. The van der Waals surface area contributed by atoms with Crippen molar-refractivity contribution in [2.45, 2.75) is 64.5 Å². The van der Waals surface area contributed by atoms with Gasteiger partial charge in [0.25, 0.3) is 0 Å². The van der Waals surface area contributed by atoms with Gasteiger partial charge in [-0.15, -0.1) is 0 Å². The number of rotatable bonds is 5. The lowest BCUT2D eigenvalue weighted by Gasteiger charge is -2.38. The molecule has 2 fully saturated rings. The Kier molecular flexibility index (Phi) is 4.66. The molecule has 1 unspecified atom stereocenters. The molecule has 0 aromatic heterocycles. The van der Waals surface area contributed by atoms with Crippen LogP contribution >= 0.6 is 0 Å². The third-order valence-corrected chi connectivity index (χ3v) is 4.51. The van der Waals surface area contributed by atoms with Gasteiger partial charge >= 0.3 is 0 Å². The SMILES string of the molecule is CNCC(C)C(=O)N(C1CCC(C)CC1)C1CC1. The molecule has 2 saturated carbocycles. The molecule has 3 heteroatoms. The number of hydrogen-bond acceptors (Lipinski definition) is 2. The van der Waals surface area contributed by atoms with E-state index in [1.165, 1.54) is 38.5 Å². The fourth-order valence-electron chi connectivity index (χ4n) is 3.18. The molecule has 2 aliphatic carbocycles. The van der Waals surface area contributed by atoms with Gasteiger partial charge in [-0.3, -0.25) is 4.79 Å². The molecule has 0 aliphatic heterocycles. The van der Waals surface area contributed by atoms with Crippen LogP contribution in [0.5, 0.6) is 0 Å². The highest BCUT2D eigenvalue weighted by Gasteiger charge is 2.39. The fourth-order valence-corrected chi connectivity index (χ4v) is 3.18. The number of amides is 1. The maximum absolute atomic E-state index is 12.6. The summed E-state index contributed by atoms with van der Waals surface area (Å²) in [6, 6.07) is 1.09. The van der Waals surface area contributed by atoms with Crippen molar-refractivity contribution in [2.24, 2.45) is 11.8 Å². The summed E-state index contributed by atoms with van der Waals surface area (Å²) in [4.78, 5) is 14.8. The van der Waals surface area contributed by atoms with Crippen molar-refractivity contribution in [3.05, 3.63) is 0 Å². The largest absolute Gasteiger partial charge is 0.336 e. The third-order valence-electron chi connectivity index (χ3n) is 4.51. The third kappa shape index (κ3) is 3.25. The number of carbonyl (C=O) groups is 1. The summed E-state index contributed by atoms with van der Waals surface area (Å²) in [6.45, 7) is 5.19. The second-order valence-electron chi connectivity index (χ2n) is 6.35. The Hall–Kier alpha value is -0.570. The van der Waals surface area contributed by atoms with E-state index < -0.39 is 0 Å². The van der Waals surface area contributed by atoms with Crippen LogP contribution in [-0.2, 0) is 4.79 Å². The molecule has 0 bridgehead atoms. The second-order valence-corrected chi connectivity index (χ2v) is 6.35. The zero-order chi connectivity index (χ0) is 13.1. The molecule has 3 nitrogen and oxygen atoms in total. The van der Waals surface area contributed by atoms with Gasteiger partial charge in [0.1, 0.15) is 0 Å². The molecule has 0 heterocycles.